The van der Waals surface area contributed by atoms with Crippen LogP contribution in [0.15, 0.2) is 53.1 Å². The second kappa shape index (κ2) is 10.5. The summed E-state index contributed by atoms with van der Waals surface area (Å²) in [6.45, 7) is 3.99. The molecular formula is C24H26N6O7S. The molecule has 1 atom stereocenters. The molecule has 0 radical (unpaired) electrons. The zero-order chi connectivity index (χ0) is 26.9. The van der Waals surface area contributed by atoms with Crippen LogP contribution in [0.1, 0.15) is 11.5 Å². The number of ether oxygens (including phenoxy) is 1. The summed E-state index contributed by atoms with van der Waals surface area (Å²) in [4.78, 5) is 31.0. The van der Waals surface area contributed by atoms with Crippen molar-refractivity contribution in [3.63, 3.8) is 0 Å². The molecule has 0 spiro atoms. The minimum atomic E-state index is -3.73. The van der Waals surface area contributed by atoms with Crippen LogP contribution in [0.3, 0.4) is 0 Å². The number of carbonyl (C=O) groups is 1. The van der Waals surface area contributed by atoms with Crippen LogP contribution in [0.4, 0.5) is 16.2 Å². The lowest BCUT2D eigenvalue weighted by atomic mass is 10.2. The van der Waals surface area contributed by atoms with Crippen molar-refractivity contribution in [1.29, 1.82) is 0 Å². The van der Waals surface area contributed by atoms with E-state index in [0.29, 0.717) is 43.6 Å². The van der Waals surface area contributed by atoms with Gasteiger partial charge in [0.1, 0.15) is 6.10 Å². The van der Waals surface area contributed by atoms with E-state index in [-0.39, 0.29) is 30.4 Å². The van der Waals surface area contributed by atoms with E-state index in [1.807, 2.05) is 12.1 Å². The Hall–Kier alpha value is -3.88. The average Bonchev–Trinajstić information content (AvgIpc) is 3.49. The Kier molecular flexibility index (Phi) is 7.10. The number of hydrogen-bond acceptors (Lipinski definition) is 10. The molecule has 1 unspecified atom stereocenters. The van der Waals surface area contributed by atoms with Gasteiger partial charge in [0.05, 0.1) is 17.2 Å². The van der Waals surface area contributed by atoms with Gasteiger partial charge in [0, 0.05) is 62.5 Å². The molecule has 2 fully saturated rings. The van der Waals surface area contributed by atoms with Crippen LogP contribution >= 0.6 is 0 Å². The monoisotopic (exact) mass is 542 g/mol. The topological polar surface area (TPSA) is 152 Å². The fourth-order valence-corrected chi connectivity index (χ4v) is 6.15. The largest absolute Gasteiger partial charge is 0.443 e. The van der Waals surface area contributed by atoms with E-state index in [9.17, 15) is 23.3 Å². The number of aromatic nitrogens is 2. The summed E-state index contributed by atoms with van der Waals surface area (Å²) in [7, 11) is -3.73. The Morgan fingerprint density at radius 3 is 2.45 bits per heavy atom. The smallest absolute Gasteiger partial charge is 0.414 e. The van der Waals surface area contributed by atoms with Crippen molar-refractivity contribution in [3.05, 3.63) is 70.1 Å². The number of benzene rings is 2. The Morgan fingerprint density at radius 1 is 1.08 bits per heavy atom. The summed E-state index contributed by atoms with van der Waals surface area (Å²) in [6, 6.07) is 13.1. The molecule has 0 saturated carbocycles. The van der Waals surface area contributed by atoms with Crippen LogP contribution in [0.5, 0.6) is 0 Å². The molecule has 0 N–H and O–H groups in total. The van der Waals surface area contributed by atoms with Gasteiger partial charge in [0.2, 0.25) is 21.7 Å². The number of piperazine rings is 1. The SMILES string of the molecule is Cc1nc(-c2ccc(N3CC(CN4CCN(S(=O)(=O)Cc5ccccc5[N+](=O)[O-])CC4)OC3=O)cc2)no1. The highest BCUT2D eigenvalue weighted by atomic mass is 32.2. The fraction of sp³-hybridized carbons (Fsp3) is 0.375. The number of nitro groups is 1. The lowest BCUT2D eigenvalue weighted by Gasteiger charge is -2.34. The molecule has 200 valence electrons. The number of nitro benzene ring substituents is 1. The van der Waals surface area contributed by atoms with Crippen molar-refractivity contribution in [1.82, 2.24) is 19.3 Å². The molecule has 3 heterocycles. The normalized spacial score (nSPS) is 19.0. The number of sulfonamides is 1. The van der Waals surface area contributed by atoms with Crippen molar-refractivity contribution in [3.8, 4) is 11.4 Å². The highest BCUT2D eigenvalue weighted by molar-refractivity contribution is 7.88. The first-order chi connectivity index (χ1) is 18.2. The average molecular weight is 543 g/mol. The predicted octanol–water partition coefficient (Wildman–Crippen LogP) is 2.43. The standard InChI is InChI=1S/C24H26N6O7S/c1-17-25-23(26-37-17)18-6-8-20(9-7-18)29-15-21(36-24(29)31)14-27-10-12-28(13-11-27)38(34,35)16-19-4-2-3-5-22(19)30(32)33/h2-9,21H,10-16H2,1H3. The third kappa shape index (κ3) is 5.51. The summed E-state index contributed by atoms with van der Waals surface area (Å²) >= 11 is 0. The van der Waals surface area contributed by atoms with Gasteiger partial charge in [0.15, 0.2) is 0 Å². The van der Waals surface area contributed by atoms with E-state index in [2.05, 4.69) is 15.0 Å². The van der Waals surface area contributed by atoms with Gasteiger partial charge in [0.25, 0.3) is 5.69 Å². The highest BCUT2D eigenvalue weighted by Gasteiger charge is 2.35. The maximum absolute atomic E-state index is 12.9. The molecule has 38 heavy (non-hydrogen) atoms. The number of cyclic esters (lactones) is 1. The predicted molar refractivity (Wildman–Crippen MR) is 136 cm³/mol. The maximum atomic E-state index is 12.9. The van der Waals surface area contributed by atoms with E-state index in [1.165, 1.54) is 22.5 Å². The minimum absolute atomic E-state index is 0.165. The van der Waals surface area contributed by atoms with Gasteiger partial charge in [-0.1, -0.05) is 23.4 Å². The van der Waals surface area contributed by atoms with Gasteiger partial charge in [-0.25, -0.2) is 13.2 Å². The van der Waals surface area contributed by atoms with Crippen molar-refractivity contribution < 1.29 is 27.4 Å². The first-order valence-corrected chi connectivity index (χ1v) is 13.6. The molecule has 2 aromatic carbocycles. The number of para-hydroxylation sites is 1. The first kappa shape index (κ1) is 25.8. The van der Waals surface area contributed by atoms with Gasteiger partial charge in [-0.15, -0.1) is 0 Å². The lowest BCUT2D eigenvalue weighted by molar-refractivity contribution is -0.385. The van der Waals surface area contributed by atoms with Gasteiger partial charge >= 0.3 is 6.09 Å². The van der Waals surface area contributed by atoms with E-state index in [4.69, 9.17) is 9.26 Å². The van der Waals surface area contributed by atoms with E-state index < -0.39 is 26.8 Å². The molecule has 1 aromatic heterocycles. The maximum Gasteiger partial charge on any atom is 0.414 e. The van der Waals surface area contributed by atoms with Gasteiger partial charge in [-0.3, -0.25) is 19.9 Å². The van der Waals surface area contributed by atoms with Crippen LogP contribution in [0.2, 0.25) is 0 Å². The molecule has 2 aliphatic rings. The van der Waals surface area contributed by atoms with Crippen molar-refractivity contribution in [2.24, 2.45) is 0 Å². The van der Waals surface area contributed by atoms with Crippen molar-refractivity contribution in [2.75, 3.05) is 44.2 Å². The molecule has 5 rings (SSSR count). The molecule has 2 aliphatic heterocycles. The highest BCUT2D eigenvalue weighted by Crippen LogP contribution is 2.26. The summed E-state index contributed by atoms with van der Waals surface area (Å²) in [5.74, 6) is 0.512. The minimum Gasteiger partial charge on any atom is -0.443 e. The molecule has 0 bridgehead atoms. The lowest BCUT2D eigenvalue weighted by Crippen LogP contribution is -2.50. The fourth-order valence-electron chi connectivity index (χ4n) is 4.61. The Balaban J connectivity index is 1.14. The van der Waals surface area contributed by atoms with Gasteiger partial charge < -0.3 is 9.26 Å². The van der Waals surface area contributed by atoms with E-state index >= 15 is 0 Å². The number of rotatable bonds is 8. The molecule has 0 aliphatic carbocycles. The third-order valence-corrected chi connectivity index (χ3v) is 8.38. The summed E-state index contributed by atoms with van der Waals surface area (Å²) in [5.41, 5.74) is 1.41. The van der Waals surface area contributed by atoms with Crippen molar-refractivity contribution >= 4 is 27.5 Å². The zero-order valence-corrected chi connectivity index (χ0v) is 21.4. The van der Waals surface area contributed by atoms with Crippen LogP contribution in [-0.4, -0.2) is 84.2 Å². The Bertz CT molecular complexity index is 1430. The summed E-state index contributed by atoms with van der Waals surface area (Å²) in [5, 5.41) is 15.1. The molecular weight excluding hydrogens is 516 g/mol. The first-order valence-electron chi connectivity index (χ1n) is 12.0. The number of amides is 1. The molecule has 3 aromatic rings. The molecule has 13 nitrogen and oxygen atoms in total. The van der Waals surface area contributed by atoms with E-state index in [0.717, 1.165) is 5.56 Å². The third-order valence-electron chi connectivity index (χ3n) is 6.55. The number of anilines is 1. The van der Waals surface area contributed by atoms with Crippen LogP contribution in [-0.2, 0) is 20.5 Å². The van der Waals surface area contributed by atoms with Crippen LogP contribution in [0, 0.1) is 17.0 Å². The number of aryl methyl sites for hydroxylation is 1. The second-order valence-electron chi connectivity index (χ2n) is 9.14. The van der Waals surface area contributed by atoms with Gasteiger partial charge in [-0.2, -0.15) is 9.29 Å². The number of nitrogens with zero attached hydrogens (tertiary/aromatic N) is 6. The van der Waals surface area contributed by atoms with Crippen LogP contribution < -0.4 is 4.90 Å². The number of hydrogen-bond donors (Lipinski definition) is 0. The molecule has 14 heteroatoms. The van der Waals surface area contributed by atoms with Crippen LogP contribution in [0.25, 0.3) is 11.4 Å². The Morgan fingerprint density at radius 2 is 1.79 bits per heavy atom. The van der Waals surface area contributed by atoms with Crippen molar-refractivity contribution in [2.45, 2.75) is 18.8 Å². The molecule has 1 amide bonds. The molecule has 2 saturated heterocycles. The van der Waals surface area contributed by atoms with E-state index in [1.54, 1.807) is 30.0 Å². The number of carbonyl (C=O) groups excluding carboxylic acids is 1. The quantitative estimate of drug-likeness (QED) is 0.306. The zero-order valence-electron chi connectivity index (χ0n) is 20.6. The summed E-state index contributed by atoms with van der Waals surface area (Å²) < 4.78 is 37.8. The van der Waals surface area contributed by atoms with Gasteiger partial charge in [-0.05, 0) is 24.3 Å². The Labute approximate surface area is 218 Å². The summed E-state index contributed by atoms with van der Waals surface area (Å²) in [6.07, 6.45) is -0.805. The second-order valence-corrected chi connectivity index (χ2v) is 11.1.